The Morgan fingerprint density at radius 3 is 2.00 bits per heavy atom. The number of aromatic carboxylic acids is 1. The number of rotatable bonds is 8. The molecule has 3 aromatic carbocycles. The van der Waals surface area contributed by atoms with Crippen molar-refractivity contribution in [3.63, 3.8) is 0 Å². The molecule has 0 spiro atoms. The van der Waals surface area contributed by atoms with Crippen molar-refractivity contribution in [2.45, 2.75) is 32.4 Å². The number of alkyl carbamates (subject to hydrolysis) is 1. The maximum atomic E-state index is 12.8. The third kappa shape index (κ3) is 5.35. The molecule has 0 heterocycles. The Morgan fingerprint density at radius 2 is 1.46 bits per heavy atom. The zero-order valence-electron chi connectivity index (χ0n) is 19.7. The van der Waals surface area contributed by atoms with E-state index in [2.05, 4.69) is 34.9 Å². The minimum absolute atomic E-state index is 0.0618. The standard InChI is InChI=1S/C28H28N2O5/c1-17(2)25(26(31)29-15-18-11-13-19(14-12-18)27(32)33)30-28(34)35-16-24-22-9-5-3-7-20(22)21-8-4-6-10-23(21)24/h3-14,17,24-25H,15-16H2,1-2H3,(H,29,31)(H,30,34)(H,32,33)/t25-/m1/s1. The van der Waals surface area contributed by atoms with Gasteiger partial charge in [-0.1, -0.05) is 74.5 Å². The second kappa shape index (κ2) is 10.4. The topological polar surface area (TPSA) is 105 Å². The predicted molar refractivity (Wildman–Crippen MR) is 132 cm³/mol. The molecule has 0 bridgehead atoms. The van der Waals surface area contributed by atoms with E-state index in [4.69, 9.17) is 9.84 Å². The van der Waals surface area contributed by atoms with Gasteiger partial charge in [-0.05, 0) is 45.9 Å². The maximum Gasteiger partial charge on any atom is 0.407 e. The van der Waals surface area contributed by atoms with Crippen molar-refractivity contribution in [2.75, 3.05) is 6.61 Å². The van der Waals surface area contributed by atoms with Crippen LogP contribution in [0.1, 0.15) is 46.8 Å². The molecule has 7 nitrogen and oxygen atoms in total. The zero-order valence-corrected chi connectivity index (χ0v) is 19.7. The highest BCUT2D eigenvalue weighted by Gasteiger charge is 2.30. The third-order valence-electron chi connectivity index (χ3n) is 6.23. The molecule has 1 aliphatic carbocycles. The Kier molecular flexibility index (Phi) is 7.15. The first kappa shape index (κ1) is 24.0. The summed E-state index contributed by atoms with van der Waals surface area (Å²) in [7, 11) is 0. The molecule has 35 heavy (non-hydrogen) atoms. The molecular weight excluding hydrogens is 444 g/mol. The number of carboxylic acid groups (broad SMARTS) is 1. The summed E-state index contributed by atoms with van der Waals surface area (Å²) in [6.45, 7) is 4.07. The molecule has 0 radical (unpaired) electrons. The first-order chi connectivity index (χ1) is 16.8. The molecule has 1 aliphatic rings. The quantitative estimate of drug-likeness (QED) is 0.446. The Hall–Kier alpha value is -4.13. The molecule has 3 N–H and O–H groups in total. The second-order valence-electron chi connectivity index (χ2n) is 8.91. The normalized spacial score (nSPS) is 13.0. The molecule has 180 valence electrons. The van der Waals surface area contributed by atoms with E-state index in [1.165, 1.54) is 12.1 Å². The van der Waals surface area contributed by atoms with E-state index in [0.29, 0.717) is 0 Å². The largest absolute Gasteiger partial charge is 0.478 e. The number of carbonyl (C=O) groups is 3. The van der Waals surface area contributed by atoms with Crippen molar-refractivity contribution in [1.82, 2.24) is 10.6 Å². The second-order valence-corrected chi connectivity index (χ2v) is 8.91. The van der Waals surface area contributed by atoms with E-state index in [1.807, 2.05) is 38.1 Å². The number of hydrogen-bond donors (Lipinski definition) is 3. The lowest BCUT2D eigenvalue weighted by atomic mass is 9.98. The average molecular weight is 473 g/mol. The van der Waals surface area contributed by atoms with Crippen LogP contribution in [0.2, 0.25) is 0 Å². The summed E-state index contributed by atoms with van der Waals surface area (Å²) in [5, 5.41) is 14.5. The van der Waals surface area contributed by atoms with Crippen molar-refractivity contribution in [1.29, 1.82) is 0 Å². The highest BCUT2D eigenvalue weighted by Crippen LogP contribution is 2.44. The number of carboxylic acids is 1. The van der Waals surface area contributed by atoms with Gasteiger partial charge in [-0.15, -0.1) is 0 Å². The summed E-state index contributed by atoms with van der Waals surface area (Å²) < 4.78 is 5.58. The van der Waals surface area contributed by atoms with Crippen LogP contribution in [0, 0.1) is 5.92 Å². The van der Waals surface area contributed by atoms with Gasteiger partial charge in [0, 0.05) is 12.5 Å². The van der Waals surface area contributed by atoms with Crippen LogP contribution in [-0.2, 0) is 16.1 Å². The average Bonchev–Trinajstić information content (AvgIpc) is 3.18. The van der Waals surface area contributed by atoms with E-state index < -0.39 is 18.1 Å². The van der Waals surface area contributed by atoms with Gasteiger partial charge in [-0.3, -0.25) is 4.79 Å². The molecule has 0 unspecified atom stereocenters. The SMILES string of the molecule is CC(C)[C@@H](NC(=O)OCC1c2ccccc2-c2ccccc21)C(=O)NCc1ccc(C(=O)O)cc1. The summed E-state index contributed by atoms with van der Waals surface area (Å²) in [5.41, 5.74) is 5.46. The number of ether oxygens (including phenoxy) is 1. The van der Waals surface area contributed by atoms with Gasteiger partial charge < -0.3 is 20.5 Å². The fraction of sp³-hybridized carbons (Fsp3) is 0.250. The first-order valence-electron chi connectivity index (χ1n) is 11.6. The Morgan fingerprint density at radius 1 is 0.886 bits per heavy atom. The monoisotopic (exact) mass is 472 g/mol. The zero-order chi connectivity index (χ0) is 24.9. The molecule has 4 rings (SSSR count). The molecule has 0 saturated heterocycles. The van der Waals surface area contributed by atoms with E-state index in [-0.39, 0.29) is 36.5 Å². The Bertz CT molecular complexity index is 1190. The first-order valence-corrected chi connectivity index (χ1v) is 11.6. The van der Waals surface area contributed by atoms with E-state index in [0.717, 1.165) is 27.8 Å². The summed E-state index contributed by atoms with van der Waals surface area (Å²) in [6.07, 6.45) is -0.647. The minimum Gasteiger partial charge on any atom is -0.478 e. The molecule has 1 atom stereocenters. The van der Waals surface area contributed by atoms with Crippen LogP contribution in [-0.4, -0.2) is 35.7 Å². The number of carbonyl (C=O) groups excluding carboxylic acids is 2. The molecule has 0 saturated carbocycles. The number of hydrogen-bond acceptors (Lipinski definition) is 4. The molecule has 0 fully saturated rings. The summed E-state index contributed by atoms with van der Waals surface area (Å²) in [5.74, 6) is -1.57. The van der Waals surface area contributed by atoms with Crippen LogP contribution in [0.3, 0.4) is 0 Å². The van der Waals surface area contributed by atoms with Crippen molar-refractivity contribution in [3.05, 3.63) is 95.1 Å². The third-order valence-corrected chi connectivity index (χ3v) is 6.23. The summed E-state index contributed by atoms with van der Waals surface area (Å²) in [4.78, 5) is 36.4. The van der Waals surface area contributed by atoms with Crippen molar-refractivity contribution >= 4 is 18.0 Å². The lowest BCUT2D eigenvalue weighted by Gasteiger charge is -2.22. The summed E-state index contributed by atoms with van der Waals surface area (Å²) in [6, 6.07) is 21.7. The number of benzene rings is 3. The van der Waals surface area contributed by atoms with Crippen LogP contribution in [0.4, 0.5) is 4.79 Å². The van der Waals surface area contributed by atoms with Crippen LogP contribution in [0.25, 0.3) is 11.1 Å². The Balaban J connectivity index is 1.35. The van der Waals surface area contributed by atoms with Crippen LogP contribution in [0.15, 0.2) is 72.8 Å². The van der Waals surface area contributed by atoms with Gasteiger partial charge in [-0.25, -0.2) is 9.59 Å². The minimum atomic E-state index is -1.01. The number of amides is 2. The van der Waals surface area contributed by atoms with Crippen LogP contribution < -0.4 is 10.6 Å². The van der Waals surface area contributed by atoms with Crippen molar-refractivity contribution < 1.29 is 24.2 Å². The molecule has 0 aromatic heterocycles. The molecule has 0 aliphatic heterocycles. The Labute approximate surface area is 204 Å². The van der Waals surface area contributed by atoms with E-state index in [1.54, 1.807) is 12.1 Å². The number of nitrogens with one attached hydrogen (secondary N) is 2. The van der Waals surface area contributed by atoms with Crippen molar-refractivity contribution in [3.8, 4) is 11.1 Å². The van der Waals surface area contributed by atoms with Gasteiger partial charge in [0.1, 0.15) is 12.6 Å². The van der Waals surface area contributed by atoms with Crippen LogP contribution >= 0.6 is 0 Å². The van der Waals surface area contributed by atoms with Gasteiger partial charge in [0.2, 0.25) is 5.91 Å². The summed E-state index contributed by atoms with van der Waals surface area (Å²) >= 11 is 0. The molecular formula is C28H28N2O5. The maximum absolute atomic E-state index is 12.8. The van der Waals surface area contributed by atoms with Gasteiger partial charge in [0.05, 0.1) is 5.56 Å². The van der Waals surface area contributed by atoms with Gasteiger partial charge in [0.25, 0.3) is 0 Å². The lowest BCUT2D eigenvalue weighted by Crippen LogP contribution is -2.49. The van der Waals surface area contributed by atoms with E-state index >= 15 is 0 Å². The van der Waals surface area contributed by atoms with Crippen molar-refractivity contribution in [2.24, 2.45) is 5.92 Å². The highest BCUT2D eigenvalue weighted by molar-refractivity contribution is 5.88. The highest BCUT2D eigenvalue weighted by atomic mass is 16.5. The smallest absolute Gasteiger partial charge is 0.407 e. The van der Waals surface area contributed by atoms with Gasteiger partial charge in [0.15, 0.2) is 0 Å². The predicted octanol–water partition coefficient (Wildman–Crippen LogP) is 4.56. The fourth-order valence-electron chi connectivity index (χ4n) is 4.37. The molecule has 2 amide bonds. The lowest BCUT2D eigenvalue weighted by molar-refractivity contribution is -0.124. The van der Waals surface area contributed by atoms with Gasteiger partial charge in [-0.2, -0.15) is 0 Å². The number of fused-ring (bicyclic) bond motifs is 3. The molecule has 3 aromatic rings. The van der Waals surface area contributed by atoms with E-state index in [9.17, 15) is 14.4 Å². The fourth-order valence-corrected chi connectivity index (χ4v) is 4.37. The molecule has 7 heteroatoms. The van der Waals surface area contributed by atoms with Crippen LogP contribution in [0.5, 0.6) is 0 Å². The van der Waals surface area contributed by atoms with Gasteiger partial charge >= 0.3 is 12.1 Å².